The van der Waals surface area contributed by atoms with Gasteiger partial charge in [-0.1, -0.05) is 13.8 Å². The van der Waals surface area contributed by atoms with Gasteiger partial charge in [0.25, 0.3) is 0 Å². The fourth-order valence-corrected chi connectivity index (χ4v) is 1.50. The lowest BCUT2D eigenvalue weighted by Crippen LogP contribution is -2.24. The second-order valence-electron chi connectivity index (χ2n) is 4.88. The number of rotatable bonds is 2. The van der Waals surface area contributed by atoms with Crippen LogP contribution in [0.25, 0.3) is 0 Å². The summed E-state index contributed by atoms with van der Waals surface area (Å²) in [5.41, 5.74) is -2.31. The summed E-state index contributed by atoms with van der Waals surface area (Å²) in [7, 11) is 0. The minimum Gasteiger partial charge on any atom is -0.384 e. The Hall–Kier alpha value is -1.10. The Morgan fingerprint density at radius 3 is 2.12 bits per heavy atom. The highest BCUT2D eigenvalue weighted by molar-refractivity contribution is 5.32. The smallest absolute Gasteiger partial charge is 0.384 e. The van der Waals surface area contributed by atoms with E-state index in [4.69, 9.17) is 0 Å². The maximum absolute atomic E-state index is 12.9. The highest BCUT2D eigenvalue weighted by Gasteiger charge is 2.38. The van der Waals surface area contributed by atoms with Gasteiger partial charge < -0.3 is 5.11 Å². The van der Waals surface area contributed by atoms with E-state index in [2.05, 4.69) is 4.98 Å². The molecular weight excluding hydrogens is 231 g/mol. The summed E-state index contributed by atoms with van der Waals surface area (Å²) in [6, 6.07) is 1.06. The monoisotopic (exact) mass is 247 g/mol. The van der Waals surface area contributed by atoms with Crippen molar-refractivity contribution >= 4 is 0 Å². The Labute approximate surface area is 98.5 Å². The summed E-state index contributed by atoms with van der Waals surface area (Å²) in [5, 5.41) is 9.70. The zero-order valence-corrected chi connectivity index (χ0v) is 10.3. The van der Waals surface area contributed by atoms with E-state index in [1.54, 1.807) is 13.8 Å². The second kappa shape index (κ2) is 4.29. The lowest BCUT2D eigenvalue weighted by atomic mass is 9.95. The first-order chi connectivity index (χ1) is 7.53. The summed E-state index contributed by atoms with van der Waals surface area (Å²) >= 11 is 0. The molecule has 0 aromatic carbocycles. The van der Waals surface area contributed by atoms with Crippen molar-refractivity contribution in [1.82, 2.24) is 4.98 Å². The molecule has 1 aromatic heterocycles. The number of aliphatic hydroxyl groups is 1. The molecule has 1 N–H and O–H groups in total. The van der Waals surface area contributed by atoms with Crippen LogP contribution in [0.2, 0.25) is 0 Å². The Balaban J connectivity index is 3.43. The molecule has 0 bridgehead atoms. The highest BCUT2D eigenvalue weighted by Crippen LogP contribution is 2.36. The summed E-state index contributed by atoms with van der Waals surface area (Å²) < 4.78 is 38.6. The molecule has 0 aliphatic carbocycles. The fourth-order valence-electron chi connectivity index (χ4n) is 1.50. The third-order valence-corrected chi connectivity index (χ3v) is 2.46. The first kappa shape index (κ1) is 14.0. The molecule has 0 spiro atoms. The van der Waals surface area contributed by atoms with Gasteiger partial charge in [0.2, 0.25) is 0 Å². The van der Waals surface area contributed by atoms with Gasteiger partial charge in [-0.25, -0.2) is 0 Å². The van der Waals surface area contributed by atoms with Gasteiger partial charge >= 0.3 is 6.18 Å². The summed E-state index contributed by atoms with van der Waals surface area (Å²) in [5.74, 6) is -0.0422. The number of hydrogen-bond donors (Lipinski definition) is 1. The van der Waals surface area contributed by atoms with E-state index in [1.165, 1.54) is 20.0 Å². The molecule has 17 heavy (non-hydrogen) atoms. The average Bonchev–Trinajstić information content (AvgIpc) is 2.14. The molecule has 0 aliphatic heterocycles. The van der Waals surface area contributed by atoms with Crippen LogP contribution in [0.1, 0.15) is 50.4 Å². The van der Waals surface area contributed by atoms with E-state index < -0.39 is 17.3 Å². The molecular formula is C12H16F3NO. The van der Waals surface area contributed by atoms with Crippen molar-refractivity contribution in [2.45, 2.75) is 45.4 Å². The quantitative estimate of drug-likeness (QED) is 0.868. The summed E-state index contributed by atoms with van der Waals surface area (Å²) in [6.45, 7) is 6.17. The molecule has 0 atom stereocenters. The number of nitrogens with zero attached hydrogens (tertiary/aromatic N) is 1. The van der Waals surface area contributed by atoms with Gasteiger partial charge in [-0.2, -0.15) is 13.2 Å². The van der Waals surface area contributed by atoms with Crippen LogP contribution >= 0.6 is 0 Å². The van der Waals surface area contributed by atoms with Crippen molar-refractivity contribution in [1.29, 1.82) is 0 Å². The minimum atomic E-state index is -4.51. The Kier molecular flexibility index (Phi) is 3.52. The number of halogens is 3. The van der Waals surface area contributed by atoms with E-state index >= 15 is 0 Å². The molecule has 1 heterocycles. The molecule has 2 nitrogen and oxygen atoms in total. The van der Waals surface area contributed by atoms with Crippen molar-refractivity contribution in [2.24, 2.45) is 0 Å². The molecule has 0 aliphatic rings. The summed E-state index contributed by atoms with van der Waals surface area (Å²) in [6.07, 6.45) is -3.12. The largest absolute Gasteiger partial charge is 0.418 e. The SMILES string of the molecule is CC(C)c1cnc(C(C)(C)O)c(C(F)(F)F)c1. The Morgan fingerprint density at radius 1 is 1.24 bits per heavy atom. The van der Waals surface area contributed by atoms with Gasteiger partial charge in [-0.15, -0.1) is 0 Å². The third-order valence-electron chi connectivity index (χ3n) is 2.46. The number of pyridine rings is 1. The molecule has 0 radical (unpaired) electrons. The molecule has 0 fully saturated rings. The molecule has 0 unspecified atom stereocenters. The highest BCUT2D eigenvalue weighted by atomic mass is 19.4. The molecule has 96 valence electrons. The van der Waals surface area contributed by atoms with Gasteiger partial charge in [0, 0.05) is 6.20 Å². The Morgan fingerprint density at radius 2 is 1.76 bits per heavy atom. The van der Waals surface area contributed by atoms with Crippen LogP contribution in [0.4, 0.5) is 13.2 Å². The van der Waals surface area contributed by atoms with Crippen LogP contribution in [0.3, 0.4) is 0 Å². The van der Waals surface area contributed by atoms with Gasteiger partial charge in [0.15, 0.2) is 0 Å². The third kappa shape index (κ3) is 3.19. The van der Waals surface area contributed by atoms with Crippen LogP contribution < -0.4 is 0 Å². The van der Waals surface area contributed by atoms with Crippen molar-refractivity contribution in [3.05, 3.63) is 29.1 Å². The first-order valence-corrected chi connectivity index (χ1v) is 5.33. The lowest BCUT2D eigenvalue weighted by molar-refractivity contribution is -0.140. The van der Waals surface area contributed by atoms with Gasteiger partial charge in [0.1, 0.15) is 5.60 Å². The first-order valence-electron chi connectivity index (χ1n) is 5.33. The van der Waals surface area contributed by atoms with E-state index in [0.717, 1.165) is 6.07 Å². The standard InChI is InChI=1S/C12H16F3NO/c1-7(2)8-5-9(12(13,14)15)10(16-6-8)11(3,4)17/h5-7,17H,1-4H3. The van der Waals surface area contributed by atoms with Crippen LogP contribution in [-0.2, 0) is 11.8 Å². The maximum Gasteiger partial charge on any atom is 0.418 e. The molecule has 1 rings (SSSR count). The van der Waals surface area contributed by atoms with Crippen molar-refractivity contribution in [3.63, 3.8) is 0 Å². The predicted octanol–water partition coefficient (Wildman–Crippen LogP) is 3.45. The normalized spacial score (nSPS) is 13.2. The van der Waals surface area contributed by atoms with E-state index in [0.29, 0.717) is 5.56 Å². The van der Waals surface area contributed by atoms with Gasteiger partial charge in [-0.05, 0) is 31.4 Å². The molecule has 0 amide bonds. The van der Waals surface area contributed by atoms with Crippen molar-refractivity contribution in [3.8, 4) is 0 Å². The van der Waals surface area contributed by atoms with Crippen molar-refractivity contribution < 1.29 is 18.3 Å². The number of hydrogen-bond acceptors (Lipinski definition) is 2. The molecule has 0 saturated carbocycles. The predicted molar refractivity (Wildman–Crippen MR) is 58.6 cm³/mol. The fraction of sp³-hybridized carbons (Fsp3) is 0.583. The molecule has 5 heteroatoms. The van der Waals surface area contributed by atoms with E-state index in [1.807, 2.05) is 0 Å². The summed E-state index contributed by atoms with van der Waals surface area (Å²) in [4.78, 5) is 3.77. The topological polar surface area (TPSA) is 33.1 Å². The van der Waals surface area contributed by atoms with E-state index in [9.17, 15) is 18.3 Å². The van der Waals surface area contributed by atoms with Crippen LogP contribution in [0.15, 0.2) is 12.3 Å². The minimum absolute atomic E-state index is 0.0422. The van der Waals surface area contributed by atoms with Crippen molar-refractivity contribution in [2.75, 3.05) is 0 Å². The van der Waals surface area contributed by atoms with Gasteiger partial charge in [-0.3, -0.25) is 4.98 Å². The van der Waals surface area contributed by atoms with Crippen LogP contribution in [0.5, 0.6) is 0 Å². The molecule has 1 aromatic rings. The van der Waals surface area contributed by atoms with Gasteiger partial charge in [0.05, 0.1) is 11.3 Å². The zero-order chi connectivity index (χ0) is 13.4. The number of aromatic nitrogens is 1. The zero-order valence-electron chi connectivity index (χ0n) is 10.3. The Bertz CT molecular complexity index is 405. The van der Waals surface area contributed by atoms with Crippen LogP contribution in [0, 0.1) is 0 Å². The van der Waals surface area contributed by atoms with Crippen LogP contribution in [-0.4, -0.2) is 10.1 Å². The van der Waals surface area contributed by atoms with E-state index in [-0.39, 0.29) is 11.6 Å². The lowest BCUT2D eigenvalue weighted by Gasteiger charge is -2.22. The second-order valence-corrected chi connectivity index (χ2v) is 4.88. The maximum atomic E-state index is 12.9. The number of alkyl halides is 3. The average molecular weight is 247 g/mol. The molecule has 0 saturated heterocycles.